The van der Waals surface area contributed by atoms with E-state index in [1.54, 1.807) is 6.07 Å². The number of piperidine rings is 1. The molecule has 5 heteroatoms. The Bertz CT molecular complexity index is 508. The van der Waals surface area contributed by atoms with Gasteiger partial charge in [-0.2, -0.15) is 4.39 Å². The van der Waals surface area contributed by atoms with E-state index in [2.05, 4.69) is 9.88 Å². The summed E-state index contributed by atoms with van der Waals surface area (Å²) < 4.78 is 13.7. The van der Waals surface area contributed by atoms with E-state index in [9.17, 15) is 9.18 Å². The summed E-state index contributed by atoms with van der Waals surface area (Å²) in [5.74, 6) is -0.899. The van der Waals surface area contributed by atoms with Gasteiger partial charge in [0, 0.05) is 31.4 Å². The minimum atomic E-state index is -0.671. The Morgan fingerprint density at radius 3 is 3.05 bits per heavy atom. The van der Waals surface area contributed by atoms with Gasteiger partial charge in [-0.15, -0.1) is 0 Å². The lowest BCUT2D eigenvalue weighted by molar-refractivity contribution is 0.0148. The highest BCUT2D eigenvalue weighted by Crippen LogP contribution is 2.25. The normalized spacial score (nSPS) is 27.2. The first kappa shape index (κ1) is 13.5. The Balaban J connectivity index is 1.79. The van der Waals surface area contributed by atoms with Crippen LogP contribution in [0.3, 0.4) is 0 Å². The lowest BCUT2D eigenvalue weighted by atomic mass is 9.96. The molecule has 20 heavy (non-hydrogen) atoms. The first-order valence-electron chi connectivity index (χ1n) is 7.32. The number of carbonyl (C=O) groups is 1. The lowest BCUT2D eigenvalue weighted by Gasteiger charge is -2.47. The van der Waals surface area contributed by atoms with Crippen molar-refractivity contribution in [1.82, 2.24) is 14.8 Å². The van der Waals surface area contributed by atoms with Gasteiger partial charge in [-0.05, 0) is 38.4 Å². The predicted octanol–water partition coefficient (Wildman–Crippen LogP) is 1.92. The van der Waals surface area contributed by atoms with E-state index >= 15 is 0 Å². The van der Waals surface area contributed by atoms with Crippen LogP contribution in [0.1, 0.15) is 36.5 Å². The van der Waals surface area contributed by atoms with Gasteiger partial charge in [-0.3, -0.25) is 9.69 Å². The van der Waals surface area contributed by atoms with E-state index in [0.29, 0.717) is 12.6 Å². The van der Waals surface area contributed by atoms with Gasteiger partial charge in [0.25, 0.3) is 5.91 Å². The lowest BCUT2D eigenvalue weighted by Crippen LogP contribution is -2.60. The molecule has 0 spiro atoms. The number of halogens is 1. The molecule has 2 aliphatic rings. The second-order valence-electron chi connectivity index (χ2n) is 5.79. The maximum absolute atomic E-state index is 13.7. The zero-order valence-electron chi connectivity index (χ0n) is 11.8. The van der Waals surface area contributed by atoms with E-state index in [-0.39, 0.29) is 17.5 Å². The minimum Gasteiger partial charge on any atom is -0.333 e. The van der Waals surface area contributed by atoms with Crippen LogP contribution in [0.5, 0.6) is 0 Å². The van der Waals surface area contributed by atoms with E-state index in [1.165, 1.54) is 25.1 Å². The quantitative estimate of drug-likeness (QED) is 0.736. The Kier molecular flexibility index (Phi) is 3.70. The first-order chi connectivity index (χ1) is 9.66. The van der Waals surface area contributed by atoms with Crippen LogP contribution in [-0.4, -0.2) is 52.4 Å². The number of fused-ring (bicyclic) bond motifs is 1. The maximum atomic E-state index is 13.7. The van der Waals surface area contributed by atoms with E-state index < -0.39 is 5.95 Å². The monoisotopic (exact) mass is 277 g/mol. The molecule has 0 bridgehead atoms. The molecule has 1 amide bonds. The summed E-state index contributed by atoms with van der Waals surface area (Å²) in [6.07, 6.45) is 4.97. The molecule has 0 aromatic carbocycles. The van der Waals surface area contributed by atoms with Gasteiger partial charge in [-0.1, -0.05) is 6.42 Å². The number of rotatable bonds is 1. The van der Waals surface area contributed by atoms with Gasteiger partial charge in [-0.25, -0.2) is 4.98 Å². The fraction of sp³-hybridized carbons (Fsp3) is 0.600. The second-order valence-corrected chi connectivity index (χ2v) is 5.79. The van der Waals surface area contributed by atoms with Gasteiger partial charge < -0.3 is 4.90 Å². The van der Waals surface area contributed by atoms with Gasteiger partial charge in [0.15, 0.2) is 0 Å². The number of amides is 1. The van der Waals surface area contributed by atoms with Crippen molar-refractivity contribution in [3.63, 3.8) is 0 Å². The van der Waals surface area contributed by atoms with Crippen LogP contribution < -0.4 is 0 Å². The third-order valence-corrected chi connectivity index (χ3v) is 4.44. The molecule has 2 unspecified atom stereocenters. The summed E-state index contributed by atoms with van der Waals surface area (Å²) in [6.45, 7) is 4.75. The summed E-state index contributed by atoms with van der Waals surface area (Å²) >= 11 is 0. The first-order valence-corrected chi connectivity index (χ1v) is 7.32. The van der Waals surface area contributed by atoms with Crippen molar-refractivity contribution in [1.29, 1.82) is 0 Å². The average Bonchev–Trinajstić information content (AvgIpc) is 2.46. The largest absolute Gasteiger partial charge is 0.333 e. The molecule has 2 atom stereocenters. The fourth-order valence-electron chi connectivity index (χ4n) is 3.34. The highest BCUT2D eigenvalue weighted by molar-refractivity contribution is 5.94. The summed E-state index contributed by atoms with van der Waals surface area (Å²) in [5, 5.41) is 0. The summed E-state index contributed by atoms with van der Waals surface area (Å²) in [4.78, 5) is 20.4. The highest BCUT2D eigenvalue weighted by Gasteiger charge is 2.36. The third kappa shape index (κ3) is 2.42. The zero-order chi connectivity index (χ0) is 14.1. The van der Waals surface area contributed by atoms with Crippen LogP contribution in [0.15, 0.2) is 18.3 Å². The molecule has 0 N–H and O–H groups in total. The fourth-order valence-corrected chi connectivity index (χ4v) is 3.34. The average molecular weight is 277 g/mol. The van der Waals surface area contributed by atoms with Crippen LogP contribution in [0, 0.1) is 5.95 Å². The van der Waals surface area contributed by atoms with Gasteiger partial charge >= 0.3 is 0 Å². The molecule has 108 valence electrons. The Hall–Kier alpha value is -1.49. The molecule has 0 saturated carbocycles. The van der Waals surface area contributed by atoms with E-state index in [1.807, 2.05) is 11.8 Å². The molecule has 3 heterocycles. The molecule has 0 radical (unpaired) electrons. The van der Waals surface area contributed by atoms with Crippen LogP contribution >= 0.6 is 0 Å². The smallest absolute Gasteiger partial charge is 0.258 e. The van der Waals surface area contributed by atoms with Crippen molar-refractivity contribution < 1.29 is 9.18 Å². The molecule has 0 aliphatic carbocycles. The van der Waals surface area contributed by atoms with Crippen molar-refractivity contribution in [3.05, 3.63) is 29.8 Å². The zero-order valence-corrected chi connectivity index (χ0v) is 11.8. The van der Waals surface area contributed by atoms with Crippen LogP contribution in [0.2, 0.25) is 0 Å². The molecular formula is C15H20FN3O. The summed E-state index contributed by atoms with van der Waals surface area (Å²) in [7, 11) is 0. The van der Waals surface area contributed by atoms with Crippen LogP contribution in [0.4, 0.5) is 4.39 Å². The maximum Gasteiger partial charge on any atom is 0.258 e. The molecule has 2 saturated heterocycles. The number of carbonyl (C=O) groups excluding carboxylic acids is 1. The number of aromatic nitrogens is 1. The summed E-state index contributed by atoms with van der Waals surface area (Å²) in [6, 6.07) is 3.68. The topological polar surface area (TPSA) is 36.4 Å². The van der Waals surface area contributed by atoms with Crippen LogP contribution in [0.25, 0.3) is 0 Å². The molecular weight excluding hydrogens is 257 g/mol. The number of hydrogen-bond acceptors (Lipinski definition) is 3. The standard InChI is InChI=1S/C15H20FN3O/c1-11-9-18-8-3-2-5-12(18)10-19(11)15(20)13-6-4-7-17-14(13)16/h4,6-7,11-12H,2-3,5,8-10H2,1H3. The van der Waals surface area contributed by atoms with Crippen molar-refractivity contribution in [2.24, 2.45) is 0 Å². The molecule has 4 nitrogen and oxygen atoms in total. The molecule has 1 aromatic heterocycles. The van der Waals surface area contributed by atoms with Gasteiger partial charge in [0.1, 0.15) is 0 Å². The van der Waals surface area contributed by atoms with Crippen LogP contribution in [-0.2, 0) is 0 Å². The van der Waals surface area contributed by atoms with Crippen molar-refractivity contribution in [2.45, 2.75) is 38.3 Å². The third-order valence-electron chi connectivity index (χ3n) is 4.44. The minimum absolute atomic E-state index is 0.0867. The number of hydrogen-bond donors (Lipinski definition) is 0. The predicted molar refractivity (Wildman–Crippen MR) is 73.9 cm³/mol. The van der Waals surface area contributed by atoms with Gasteiger partial charge in [0.2, 0.25) is 5.95 Å². The number of piperazine rings is 1. The Morgan fingerprint density at radius 1 is 1.40 bits per heavy atom. The molecule has 1 aromatic rings. The Morgan fingerprint density at radius 2 is 2.25 bits per heavy atom. The van der Waals surface area contributed by atoms with Crippen molar-refractivity contribution in [3.8, 4) is 0 Å². The molecule has 3 rings (SSSR count). The number of nitrogens with zero attached hydrogens (tertiary/aromatic N) is 3. The number of pyridine rings is 1. The van der Waals surface area contributed by atoms with Gasteiger partial charge in [0.05, 0.1) is 5.56 Å². The van der Waals surface area contributed by atoms with E-state index in [4.69, 9.17) is 0 Å². The van der Waals surface area contributed by atoms with E-state index in [0.717, 1.165) is 19.5 Å². The molecule has 2 aliphatic heterocycles. The Labute approximate surface area is 118 Å². The molecule has 2 fully saturated rings. The SMILES string of the molecule is CC1CN2CCCCC2CN1C(=O)c1cccnc1F. The van der Waals surface area contributed by atoms with Crippen molar-refractivity contribution >= 4 is 5.91 Å². The van der Waals surface area contributed by atoms with Crippen molar-refractivity contribution in [2.75, 3.05) is 19.6 Å². The summed E-state index contributed by atoms with van der Waals surface area (Å²) in [5.41, 5.74) is 0.0867. The highest BCUT2D eigenvalue weighted by atomic mass is 19.1. The second kappa shape index (κ2) is 5.48.